The largest absolute Gasteiger partial charge is 0.370 e. The lowest BCUT2D eigenvalue weighted by atomic mass is 10.0. The minimum atomic E-state index is -0.655. The number of aryl methyl sites for hydroxylation is 1. The second-order valence-corrected chi connectivity index (χ2v) is 5.51. The van der Waals surface area contributed by atoms with Gasteiger partial charge in [-0.25, -0.2) is 4.39 Å². The highest BCUT2D eigenvalue weighted by molar-refractivity contribution is 5.96. The Morgan fingerprint density at radius 1 is 1.54 bits per heavy atom. The lowest BCUT2D eigenvalue weighted by Gasteiger charge is -2.33. The zero-order valence-electron chi connectivity index (χ0n) is 12.9. The zero-order valence-corrected chi connectivity index (χ0v) is 12.9. The molecule has 1 aromatic carbocycles. The fraction of sp³-hybridized carbons (Fsp3) is 0.333. The van der Waals surface area contributed by atoms with E-state index in [1.165, 1.54) is 11.0 Å². The first-order valence-corrected chi connectivity index (χ1v) is 7.32. The number of carbonyl (C=O) groups excluding carboxylic acids is 1. The molecular formula is C15H15FN4O4. The summed E-state index contributed by atoms with van der Waals surface area (Å²) in [5, 5.41) is 16.9. The summed E-state index contributed by atoms with van der Waals surface area (Å²) in [6.45, 7) is 2.47. The van der Waals surface area contributed by atoms with Crippen LogP contribution >= 0.6 is 0 Å². The number of nitrogens with zero attached hydrogens (tertiary/aromatic N) is 3. The number of hydrogen-bond donors (Lipinski definition) is 1. The quantitative estimate of drug-likeness (QED) is 0.683. The molecule has 1 aromatic heterocycles. The molecule has 9 heteroatoms. The van der Waals surface area contributed by atoms with Gasteiger partial charge in [-0.2, -0.15) is 5.10 Å². The number of H-pyrrole nitrogens is 1. The Bertz CT molecular complexity index is 792. The van der Waals surface area contributed by atoms with Gasteiger partial charge in [-0.05, 0) is 24.1 Å². The summed E-state index contributed by atoms with van der Waals surface area (Å²) in [6, 6.07) is 4.64. The van der Waals surface area contributed by atoms with Gasteiger partial charge < -0.3 is 9.64 Å². The maximum atomic E-state index is 13.4. The average Bonchev–Trinajstić information content (AvgIpc) is 3.07. The zero-order chi connectivity index (χ0) is 17.3. The summed E-state index contributed by atoms with van der Waals surface area (Å²) >= 11 is 0. The number of ether oxygens (including phenoxy) is 1. The summed E-state index contributed by atoms with van der Waals surface area (Å²) in [5.74, 6) is -0.818. The first kappa shape index (κ1) is 16.1. The minimum Gasteiger partial charge on any atom is -0.370 e. The second kappa shape index (κ2) is 6.36. The molecule has 126 valence electrons. The molecule has 3 rings (SSSR count). The number of morpholine rings is 1. The van der Waals surface area contributed by atoms with E-state index in [0.29, 0.717) is 12.1 Å². The van der Waals surface area contributed by atoms with Crippen LogP contribution in [0.2, 0.25) is 0 Å². The molecule has 1 amide bonds. The van der Waals surface area contributed by atoms with E-state index in [2.05, 4.69) is 10.2 Å². The van der Waals surface area contributed by atoms with Gasteiger partial charge in [0.1, 0.15) is 18.1 Å². The Kier molecular flexibility index (Phi) is 4.26. The molecule has 24 heavy (non-hydrogen) atoms. The molecule has 0 radical (unpaired) electrons. The third-order valence-corrected chi connectivity index (χ3v) is 3.94. The maximum Gasteiger partial charge on any atom is 0.319 e. The van der Waals surface area contributed by atoms with Gasteiger partial charge in [0.25, 0.3) is 5.91 Å². The highest BCUT2D eigenvalue weighted by Gasteiger charge is 2.31. The highest BCUT2D eigenvalue weighted by atomic mass is 19.1. The number of carbonyl (C=O) groups is 1. The SMILES string of the molecule is Cc1cc([C@@H]2CN(C(=O)c3[nH]ncc3[N+](=O)[O-])CCO2)ccc1F. The van der Waals surface area contributed by atoms with Crippen LogP contribution in [-0.2, 0) is 4.74 Å². The van der Waals surface area contributed by atoms with Gasteiger partial charge in [-0.15, -0.1) is 0 Å². The minimum absolute atomic E-state index is 0.157. The molecule has 1 aliphatic rings. The molecular weight excluding hydrogens is 319 g/mol. The predicted octanol–water partition coefficient (Wildman–Crippen LogP) is 1.98. The second-order valence-electron chi connectivity index (χ2n) is 5.51. The van der Waals surface area contributed by atoms with Crippen LogP contribution in [0.5, 0.6) is 0 Å². The molecule has 2 aromatic rings. The van der Waals surface area contributed by atoms with E-state index in [1.54, 1.807) is 19.1 Å². The van der Waals surface area contributed by atoms with Crippen LogP contribution in [0.4, 0.5) is 10.1 Å². The molecule has 0 bridgehead atoms. The van der Waals surface area contributed by atoms with Crippen molar-refractivity contribution in [3.63, 3.8) is 0 Å². The fourth-order valence-electron chi connectivity index (χ4n) is 2.64. The van der Waals surface area contributed by atoms with Gasteiger partial charge in [0.2, 0.25) is 5.69 Å². The van der Waals surface area contributed by atoms with Crippen LogP contribution < -0.4 is 0 Å². The van der Waals surface area contributed by atoms with Crippen molar-refractivity contribution in [3.8, 4) is 0 Å². The molecule has 1 saturated heterocycles. The highest BCUT2D eigenvalue weighted by Crippen LogP contribution is 2.26. The molecule has 0 aliphatic carbocycles. The average molecular weight is 334 g/mol. The van der Waals surface area contributed by atoms with E-state index in [4.69, 9.17) is 4.74 Å². The van der Waals surface area contributed by atoms with Crippen LogP contribution in [0.25, 0.3) is 0 Å². The molecule has 8 nitrogen and oxygen atoms in total. The van der Waals surface area contributed by atoms with Gasteiger partial charge >= 0.3 is 5.69 Å². The number of nitro groups is 1. The Hall–Kier alpha value is -2.81. The van der Waals surface area contributed by atoms with E-state index in [1.807, 2.05) is 0 Å². The normalized spacial score (nSPS) is 17.8. The summed E-state index contributed by atoms with van der Waals surface area (Å²) in [6.07, 6.45) is 0.595. The number of halogens is 1. The Morgan fingerprint density at radius 3 is 3.04 bits per heavy atom. The summed E-state index contributed by atoms with van der Waals surface area (Å²) in [7, 11) is 0. The number of benzene rings is 1. The molecule has 0 saturated carbocycles. The molecule has 0 spiro atoms. The predicted molar refractivity (Wildman–Crippen MR) is 81.0 cm³/mol. The molecule has 1 atom stereocenters. The third-order valence-electron chi connectivity index (χ3n) is 3.94. The smallest absolute Gasteiger partial charge is 0.319 e. The van der Waals surface area contributed by atoms with Gasteiger partial charge in [0.15, 0.2) is 0 Å². The van der Waals surface area contributed by atoms with Crippen molar-refractivity contribution in [3.05, 3.63) is 57.1 Å². The van der Waals surface area contributed by atoms with Gasteiger partial charge in [-0.3, -0.25) is 20.0 Å². The number of aromatic amines is 1. The molecule has 0 unspecified atom stereocenters. The van der Waals surface area contributed by atoms with Crippen LogP contribution in [0.3, 0.4) is 0 Å². The van der Waals surface area contributed by atoms with Gasteiger partial charge in [0, 0.05) is 6.54 Å². The topological polar surface area (TPSA) is 101 Å². The monoisotopic (exact) mass is 334 g/mol. The van der Waals surface area contributed by atoms with Crippen LogP contribution in [0.15, 0.2) is 24.4 Å². The lowest BCUT2D eigenvalue weighted by Crippen LogP contribution is -2.42. The van der Waals surface area contributed by atoms with E-state index in [9.17, 15) is 19.3 Å². The van der Waals surface area contributed by atoms with E-state index < -0.39 is 16.9 Å². The molecule has 1 fully saturated rings. The molecule has 1 aliphatic heterocycles. The van der Waals surface area contributed by atoms with Crippen molar-refractivity contribution in [1.82, 2.24) is 15.1 Å². The van der Waals surface area contributed by atoms with Crippen LogP contribution in [0, 0.1) is 22.9 Å². The first-order chi connectivity index (χ1) is 11.5. The van der Waals surface area contributed by atoms with Crippen molar-refractivity contribution in [1.29, 1.82) is 0 Å². The third kappa shape index (κ3) is 2.98. The molecule has 2 heterocycles. The number of hydrogen-bond acceptors (Lipinski definition) is 5. The van der Waals surface area contributed by atoms with Crippen LogP contribution in [-0.4, -0.2) is 45.6 Å². The van der Waals surface area contributed by atoms with Gasteiger partial charge in [0.05, 0.1) is 18.1 Å². The summed E-state index contributed by atoms with van der Waals surface area (Å²) in [5.41, 5.74) is 0.728. The Labute approximate surface area is 136 Å². The number of aromatic nitrogens is 2. The Morgan fingerprint density at radius 2 is 2.33 bits per heavy atom. The summed E-state index contributed by atoms with van der Waals surface area (Å²) < 4.78 is 19.1. The number of rotatable bonds is 3. The molecule has 1 N–H and O–H groups in total. The first-order valence-electron chi connectivity index (χ1n) is 7.32. The Balaban J connectivity index is 1.80. The van der Waals surface area contributed by atoms with Crippen molar-refractivity contribution in [2.75, 3.05) is 19.7 Å². The standard InChI is InChI=1S/C15H15FN4O4/c1-9-6-10(2-3-11(9)16)13-8-19(4-5-24-13)15(21)14-12(20(22)23)7-17-18-14/h2-3,6-7,13H,4-5,8H2,1H3,(H,17,18)/t13-/m0/s1. The van der Waals surface area contributed by atoms with Crippen molar-refractivity contribution in [2.24, 2.45) is 0 Å². The van der Waals surface area contributed by atoms with Crippen LogP contribution in [0.1, 0.15) is 27.7 Å². The van der Waals surface area contributed by atoms with E-state index in [0.717, 1.165) is 11.8 Å². The van der Waals surface area contributed by atoms with Gasteiger partial charge in [-0.1, -0.05) is 12.1 Å². The number of amides is 1. The lowest BCUT2D eigenvalue weighted by molar-refractivity contribution is -0.385. The fourth-order valence-corrected chi connectivity index (χ4v) is 2.64. The van der Waals surface area contributed by atoms with E-state index >= 15 is 0 Å². The van der Waals surface area contributed by atoms with Crippen molar-refractivity contribution < 1.29 is 18.8 Å². The summed E-state index contributed by atoms with van der Waals surface area (Å²) in [4.78, 5) is 24.3. The maximum absolute atomic E-state index is 13.4. The number of nitrogens with one attached hydrogen (secondary N) is 1. The van der Waals surface area contributed by atoms with Crippen molar-refractivity contribution >= 4 is 11.6 Å². The van der Waals surface area contributed by atoms with Crippen molar-refractivity contribution in [2.45, 2.75) is 13.0 Å². The van der Waals surface area contributed by atoms with E-state index in [-0.39, 0.29) is 30.4 Å².